The third-order valence-corrected chi connectivity index (χ3v) is 1.89. The average molecular weight is 267 g/mol. The zero-order chi connectivity index (χ0) is 14.4. The van der Waals surface area contributed by atoms with Crippen LogP contribution in [0.3, 0.4) is 0 Å². The Morgan fingerprint density at radius 2 is 1.89 bits per heavy atom. The van der Waals surface area contributed by atoms with Gasteiger partial charge in [-0.2, -0.15) is 0 Å². The van der Waals surface area contributed by atoms with Gasteiger partial charge in [0.15, 0.2) is 0 Å². The molecule has 0 unspecified atom stereocenters. The Hall–Kier alpha value is -2.87. The molecule has 0 radical (unpaired) electrons. The molecule has 1 aromatic carbocycles. The molecule has 0 heterocycles. The number of carboxylic acid groups (broad SMARTS) is 2. The van der Waals surface area contributed by atoms with Crippen LogP contribution in [0.4, 0.5) is 4.79 Å². The summed E-state index contributed by atoms with van der Waals surface area (Å²) in [6.45, 7) is 0. The van der Waals surface area contributed by atoms with Gasteiger partial charge in [0, 0.05) is 11.3 Å². The maximum absolute atomic E-state index is 11.1. The summed E-state index contributed by atoms with van der Waals surface area (Å²) in [6, 6.07) is 5.69. The molecule has 0 saturated heterocycles. The molecule has 0 aliphatic heterocycles. The van der Waals surface area contributed by atoms with Crippen LogP contribution in [0.1, 0.15) is 15.9 Å². The number of hydrogen-bond donors (Lipinski definition) is 3. The number of carbonyl (C=O) groups excluding carboxylic acids is 1. The van der Waals surface area contributed by atoms with Crippen molar-refractivity contribution in [1.82, 2.24) is 5.23 Å². The second-order valence-electron chi connectivity index (χ2n) is 3.23. The third kappa shape index (κ3) is 4.48. The van der Waals surface area contributed by atoms with Crippen LogP contribution in [0, 0.1) is 0 Å². The fourth-order valence-electron chi connectivity index (χ4n) is 1.09. The summed E-state index contributed by atoms with van der Waals surface area (Å²) in [4.78, 5) is 35.8. The predicted molar refractivity (Wildman–Crippen MR) is 60.2 cm³/mol. The summed E-state index contributed by atoms with van der Waals surface area (Å²) < 4.78 is 0. The van der Waals surface area contributed by atoms with E-state index in [1.807, 2.05) is 0 Å². The summed E-state index contributed by atoms with van der Waals surface area (Å²) in [6.07, 6.45) is 0.201. The molecule has 0 spiro atoms. The molecule has 0 aromatic heterocycles. The molecule has 1 rings (SSSR count). The molecule has 8 heteroatoms. The van der Waals surface area contributed by atoms with Crippen molar-refractivity contribution in [1.29, 1.82) is 0 Å². The van der Waals surface area contributed by atoms with E-state index in [1.54, 1.807) is 0 Å². The molecule has 100 valence electrons. The lowest BCUT2D eigenvalue weighted by molar-refractivity contribution is -0.282. The second-order valence-corrected chi connectivity index (χ2v) is 3.23. The number of amides is 1. The first-order chi connectivity index (χ1) is 8.90. The largest absolute Gasteiger partial charge is 0.478 e. The predicted octanol–water partition coefficient (Wildman–Crippen LogP) is 1.23. The molecule has 0 saturated carbocycles. The van der Waals surface area contributed by atoms with E-state index in [9.17, 15) is 14.4 Å². The zero-order valence-corrected chi connectivity index (χ0v) is 9.39. The lowest BCUT2D eigenvalue weighted by Gasteiger charge is -2.06. The SMILES string of the molecule is O=C(/C=C/c1cccc(C(=O)O)c1)ON(O)C(=O)O. The molecule has 0 atom stereocenters. The Morgan fingerprint density at radius 1 is 1.21 bits per heavy atom. The van der Waals surface area contributed by atoms with E-state index in [4.69, 9.17) is 15.4 Å². The molecule has 0 aliphatic rings. The van der Waals surface area contributed by atoms with E-state index >= 15 is 0 Å². The van der Waals surface area contributed by atoms with Gasteiger partial charge >= 0.3 is 18.0 Å². The van der Waals surface area contributed by atoms with Crippen molar-refractivity contribution in [3.05, 3.63) is 41.5 Å². The molecule has 0 aliphatic carbocycles. The number of carbonyl (C=O) groups is 3. The number of benzene rings is 1. The molecule has 1 aromatic rings. The fourth-order valence-corrected chi connectivity index (χ4v) is 1.09. The smallest absolute Gasteiger partial charge is 0.466 e. The maximum Gasteiger partial charge on any atom is 0.466 e. The minimum Gasteiger partial charge on any atom is -0.478 e. The normalized spacial score (nSPS) is 10.2. The van der Waals surface area contributed by atoms with Gasteiger partial charge in [-0.1, -0.05) is 12.1 Å². The number of carboxylic acids is 1. The van der Waals surface area contributed by atoms with Crippen LogP contribution >= 0.6 is 0 Å². The zero-order valence-electron chi connectivity index (χ0n) is 9.39. The van der Waals surface area contributed by atoms with Crippen LogP contribution in [0.15, 0.2) is 30.3 Å². The van der Waals surface area contributed by atoms with Crippen molar-refractivity contribution >= 4 is 24.1 Å². The Kier molecular flexibility index (Phi) is 4.61. The van der Waals surface area contributed by atoms with Gasteiger partial charge in [0.1, 0.15) is 0 Å². The number of aromatic carboxylic acids is 1. The highest BCUT2D eigenvalue weighted by Crippen LogP contribution is 2.07. The highest BCUT2D eigenvalue weighted by atomic mass is 16.9. The highest BCUT2D eigenvalue weighted by Gasteiger charge is 2.12. The highest BCUT2D eigenvalue weighted by molar-refractivity contribution is 5.90. The van der Waals surface area contributed by atoms with Gasteiger partial charge in [-0.05, 0) is 23.8 Å². The quantitative estimate of drug-likeness (QED) is 0.427. The summed E-state index contributed by atoms with van der Waals surface area (Å²) in [7, 11) is 0. The van der Waals surface area contributed by atoms with Crippen molar-refractivity contribution in [3.63, 3.8) is 0 Å². The second kappa shape index (κ2) is 6.17. The topological polar surface area (TPSA) is 124 Å². The lowest BCUT2D eigenvalue weighted by atomic mass is 10.1. The van der Waals surface area contributed by atoms with Crippen LogP contribution in [0.2, 0.25) is 0 Å². The first-order valence-corrected chi connectivity index (χ1v) is 4.85. The summed E-state index contributed by atoms with van der Waals surface area (Å²) in [5.41, 5.74) is 0.432. The van der Waals surface area contributed by atoms with E-state index in [1.165, 1.54) is 30.3 Å². The molecular formula is C11H9NO7. The number of rotatable bonds is 3. The molecule has 0 fully saturated rings. The van der Waals surface area contributed by atoms with Gasteiger partial charge in [0.2, 0.25) is 0 Å². The van der Waals surface area contributed by atoms with Crippen LogP contribution in [-0.2, 0) is 9.63 Å². The van der Waals surface area contributed by atoms with Gasteiger partial charge in [-0.15, -0.1) is 0 Å². The van der Waals surface area contributed by atoms with E-state index in [0.29, 0.717) is 5.56 Å². The van der Waals surface area contributed by atoms with Crippen molar-refractivity contribution in [2.75, 3.05) is 0 Å². The molecular weight excluding hydrogens is 258 g/mol. The first-order valence-electron chi connectivity index (χ1n) is 4.85. The van der Waals surface area contributed by atoms with Gasteiger partial charge in [-0.3, -0.25) is 0 Å². The summed E-state index contributed by atoms with van der Waals surface area (Å²) in [5.74, 6) is -2.25. The van der Waals surface area contributed by atoms with Crippen LogP contribution in [0.25, 0.3) is 6.08 Å². The van der Waals surface area contributed by atoms with Crippen LogP contribution in [-0.4, -0.2) is 38.7 Å². The number of hydroxylamine groups is 2. The van der Waals surface area contributed by atoms with Crippen molar-refractivity contribution in [3.8, 4) is 0 Å². The lowest BCUT2D eigenvalue weighted by Crippen LogP contribution is -2.28. The Morgan fingerprint density at radius 3 is 2.47 bits per heavy atom. The van der Waals surface area contributed by atoms with E-state index in [-0.39, 0.29) is 5.56 Å². The van der Waals surface area contributed by atoms with E-state index in [0.717, 1.165) is 6.08 Å². The van der Waals surface area contributed by atoms with E-state index in [2.05, 4.69) is 4.84 Å². The van der Waals surface area contributed by atoms with Crippen molar-refractivity contribution in [2.45, 2.75) is 0 Å². The monoisotopic (exact) mass is 267 g/mol. The molecule has 19 heavy (non-hydrogen) atoms. The Labute approximate surface area is 106 Å². The van der Waals surface area contributed by atoms with Gasteiger partial charge in [0.05, 0.1) is 5.56 Å². The number of nitrogens with zero attached hydrogens (tertiary/aromatic N) is 1. The van der Waals surface area contributed by atoms with Gasteiger partial charge in [-0.25, -0.2) is 19.6 Å². The standard InChI is InChI=1S/C11H9NO7/c13-9(19-12(18)11(16)17)5-4-7-2-1-3-8(6-7)10(14)15/h1-6,18H,(H,14,15)(H,16,17)/b5-4+. The molecule has 1 amide bonds. The fraction of sp³-hybridized carbons (Fsp3) is 0. The Balaban J connectivity index is 2.71. The van der Waals surface area contributed by atoms with Crippen molar-refractivity contribution < 1.29 is 34.6 Å². The van der Waals surface area contributed by atoms with Gasteiger partial charge in [0.25, 0.3) is 0 Å². The summed E-state index contributed by atoms with van der Waals surface area (Å²) in [5, 5.41) is 24.9. The third-order valence-electron chi connectivity index (χ3n) is 1.89. The van der Waals surface area contributed by atoms with Crippen molar-refractivity contribution in [2.24, 2.45) is 0 Å². The minimum atomic E-state index is -1.85. The van der Waals surface area contributed by atoms with E-state index < -0.39 is 23.3 Å². The molecule has 3 N–H and O–H groups in total. The molecule has 8 nitrogen and oxygen atoms in total. The first kappa shape index (κ1) is 14.2. The number of hydrogen-bond acceptors (Lipinski definition) is 5. The maximum atomic E-state index is 11.1. The minimum absolute atomic E-state index is 0.0323. The van der Waals surface area contributed by atoms with Gasteiger partial charge < -0.3 is 15.1 Å². The Bertz CT molecular complexity index is 538. The molecule has 0 bridgehead atoms. The van der Waals surface area contributed by atoms with Crippen LogP contribution < -0.4 is 0 Å². The average Bonchev–Trinajstić information content (AvgIpc) is 2.36. The summed E-state index contributed by atoms with van der Waals surface area (Å²) >= 11 is 0. The van der Waals surface area contributed by atoms with Crippen LogP contribution in [0.5, 0.6) is 0 Å².